The summed E-state index contributed by atoms with van der Waals surface area (Å²) in [5.74, 6) is 0.113. The van der Waals surface area contributed by atoms with E-state index in [1.165, 1.54) is 17.1 Å². The zero-order valence-corrected chi connectivity index (χ0v) is 10.8. The minimum Gasteiger partial charge on any atom is -0.325 e. The normalized spacial score (nSPS) is 10.3. The van der Waals surface area contributed by atoms with Crippen LogP contribution in [0.2, 0.25) is 0 Å². The number of amides is 1. The molecule has 0 aromatic carbocycles. The summed E-state index contributed by atoms with van der Waals surface area (Å²) in [6.07, 6.45) is 4.57. The molecule has 0 saturated carbocycles. The van der Waals surface area contributed by atoms with E-state index in [0.29, 0.717) is 22.7 Å². The first-order chi connectivity index (χ1) is 8.67. The molecule has 94 valence electrons. The van der Waals surface area contributed by atoms with E-state index in [2.05, 4.69) is 41.5 Å². The third-order valence-electron chi connectivity index (χ3n) is 1.99. The fourth-order valence-corrected chi connectivity index (χ4v) is 1.42. The molecule has 0 radical (unpaired) electrons. The lowest BCUT2D eigenvalue weighted by molar-refractivity contribution is -0.116. The third kappa shape index (κ3) is 3.31. The van der Waals surface area contributed by atoms with Crippen molar-refractivity contribution in [1.29, 1.82) is 0 Å². The Morgan fingerprint density at radius 1 is 1.44 bits per heavy atom. The van der Waals surface area contributed by atoms with E-state index in [-0.39, 0.29) is 12.5 Å². The predicted octanol–water partition coefficient (Wildman–Crippen LogP) is -0.0720. The molecule has 2 aromatic rings. The molecular weight excluding hydrogens is 302 g/mol. The number of anilines is 1. The summed E-state index contributed by atoms with van der Waals surface area (Å²) in [4.78, 5) is 19.6. The van der Waals surface area contributed by atoms with Crippen LogP contribution in [0.1, 0.15) is 5.69 Å². The number of nitrogens with one attached hydrogen (secondary N) is 1. The highest BCUT2D eigenvalue weighted by atomic mass is 79.9. The highest BCUT2D eigenvalue weighted by molar-refractivity contribution is 9.10. The van der Waals surface area contributed by atoms with Crippen LogP contribution in [0.4, 0.5) is 5.82 Å². The van der Waals surface area contributed by atoms with Gasteiger partial charge >= 0.3 is 0 Å². The molecule has 0 saturated heterocycles. The zero-order valence-electron chi connectivity index (χ0n) is 9.25. The number of hydrogen-bond donors (Lipinski definition) is 2. The molecular formula is C9H10BrN7O. The Kier molecular flexibility index (Phi) is 3.95. The second-order valence-electron chi connectivity index (χ2n) is 3.38. The summed E-state index contributed by atoms with van der Waals surface area (Å²) < 4.78 is 2.01. The maximum atomic E-state index is 11.7. The Hall–Kier alpha value is -1.87. The molecule has 9 heteroatoms. The molecule has 3 N–H and O–H groups in total. The molecule has 2 heterocycles. The SMILES string of the molecule is NCc1cn(CC(=O)Nc2cnc(Br)cn2)nn1. The van der Waals surface area contributed by atoms with Gasteiger partial charge in [-0.15, -0.1) is 5.10 Å². The number of nitrogens with two attached hydrogens (primary N) is 1. The van der Waals surface area contributed by atoms with Crippen molar-refractivity contribution in [2.75, 3.05) is 5.32 Å². The second-order valence-corrected chi connectivity index (χ2v) is 4.20. The number of nitrogens with zero attached hydrogens (tertiary/aromatic N) is 5. The highest BCUT2D eigenvalue weighted by Crippen LogP contribution is 2.06. The van der Waals surface area contributed by atoms with Gasteiger partial charge in [0.25, 0.3) is 0 Å². The fourth-order valence-electron chi connectivity index (χ4n) is 1.22. The van der Waals surface area contributed by atoms with Gasteiger partial charge in [0.15, 0.2) is 5.82 Å². The van der Waals surface area contributed by atoms with Crippen LogP contribution in [0.15, 0.2) is 23.2 Å². The molecule has 18 heavy (non-hydrogen) atoms. The molecule has 8 nitrogen and oxygen atoms in total. The van der Waals surface area contributed by atoms with E-state index >= 15 is 0 Å². The van der Waals surface area contributed by atoms with Crippen molar-refractivity contribution in [1.82, 2.24) is 25.0 Å². The monoisotopic (exact) mass is 311 g/mol. The van der Waals surface area contributed by atoms with Crippen molar-refractivity contribution < 1.29 is 4.79 Å². The van der Waals surface area contributed by atoms with Crippen LogP contribution in [0.3, 0.4) is 0 Å². The molecule has 2 rings (SSSR count). The average Bonchev–Trinajstić information content (AvgIpc) is 2.79. The Balaban J connectivity index is 1.94. The molecule has 1 amide bonds. The summed E-state index contributed by atoms with van der Waals surface area (Å²) in [6.45, 7) is 0.338. The summed E-state index contributed by atoms with van der Waals surface area (Å²) in [5.41, 5.74) is 6.02. The number of carbonyl (C=O) groups excluding carboxylic acids is 1. The molecule has 0 aliphatic rings. The summed E-state index contributed by atoms with van der Waals surface area (Å²) in [5, 5.41) is 10.1. The molecule has 0 aliphatic heterocycles. The maximum Gasteiger partial charge on any atom is 0.247 e. The van der Waals surface area contributed by atoms with Crippen LogP contribution in [0.5, 0.6) is 0 Å². The molecule has 0 unspecified atom stereocenters. The van der Waals surface area contributed by atoms with Gasteiger partial charge in [0, 0.05) is 6.54 Å². The van der Waals surface area contributed by atoms with Crippen LogP contribution >= 0.6 is 15.9 Å². The van der Waals surface area contributed by atoms with Gasteiger partial charge in [-0.05, 0) is 15.9 Å². The third-order valence-corrected chi connectivity index (χ3v) is 2.40. The van der Waals surface area contributed by atoms with E-state index in [1.807, 2.05) is 0 Å². The Morgan fingerprint density at radius 2 is 2.28 bits per heavy atom. The number of rotatable bonds is 4. The Labute approximate surface area is 111 Å². The van der Waals surface area contributed by atoms with Crippen molar-refractivity contribution >= 4 is 27.7 Å². The Bertz CT molecular complexity index is 538. The van der Waals surface area contributed by atoms with Gasteiger partial charge < -0.3 is 11.1 Å². The van der Waals surface area contributed by atoms with E-state index < -0.39 is 0 Å². The fraction of sp³-hybridized carbons (Fsp3) is 0.222. The molecule has 0 fully saturated rings. The van der Waals surface area contributed by atoms with Crippen molar-refractivity contribution in [3.63, 3.8) is 0 Å². The zero-order chi connectivity index (χ0) is 13.0. The van der Waals surface area contributed by atoms with Gasteiger partial charge in [-0.2, -0.15) is 0 Å². The van der Waals surface area contributed by atoms with Crippen molar-refractivity contribution in [2.45, 2.75) is 13.1 Å². The van der Waals surface area contributed by atoms with Gasteiger partial charge in [0.1, 0.15) is 11.1 Å². The van der Waals surface area contributed by atoms with Gasteiger partial charge in [0.2, 0.25) is 5.91 Å². The minimum atomic E-state index is -0.264. The number of carbonyl (C=O) groups is 1. The maximum absolute atomic E-state index is 11.7. The molecule has 0 spiro atoms. The van der Waals surface area contributed by atoms with E-state index in [9.17, 15) is 4.79 Å². The summed E-state index contributed by atoms with van der Waals surface area (Å²) >= 11 is 3.16. The summed E-state index contributed by atoms with van der Waals surface area (Å²) in [6, 6.07) is 0. The van der Waals surface area contributed by atoms with E-state index in [0.717, 1.165) is 0 Å². The summed E-state index contributed by atoms with van der Waals surface area (Å²) in [7, 11) is 0. The number of halogens is 1. The van der Waals surface area contributed by atoms with E-state index in [1.54, 1.807) is 6.20 Å². The lowest BCUT2D eigenvalue weighted by Gasteiger charge is -2.03. The molecule has 0 aliphatic carbocycles. The van der Waals surface area contributed by atoms with Gasteiger partial charge in [-0.25, -0.2) is 14.6 Å². The first-order valence-electron chi connectivity index (χ1n) is 5.04. The number of aromatic nitrogens is 5. The largest absolute Gasteiger partial charge is 0.325 e. The van der Waals surface area contributed by atoms with Crippen molar-refractivity contribution in [2.24, 2.45) is 5.73 Å². The first kappa shape index (κ1) is 12.6. The minimum absolute atomic E-state index is 0.0464. The van der Waals surface area contributed by atoms with Crippen LogP contribution in [0, 0.1) is 0 Å². The Morgan fingerprint density at radius 3 is 2.89 bits per heavy atom. The quantitative estimate of drug-likeness (QED) is 0.817. The lowest BCUT2D eigenvalue weighted by Crippen LogP contribution is -2.19. The average molecular weight is 312 g/mol. The van der Waals surface area contributed by atoms with Crippen LogP contribution in [-0.2, 0) is 17.9 Å². The van der Waals surface area contributed by atoms with Crippen LogP contribution < -0.4 is 11.1 Å². The van der Waals surface area contributed by atoms with Crippen molar-refractivity contribution in [3.8, 4) is 0 Å². The van der Waals surface area contributed by atoms with Gasteiger partial charge in [-0.3, -0.25) is 4.79 Å². The topological polar surface area (TPSA) is 112 Å². The second kappa shape index (κ2) is 5.65. The smallest absolute Gasteiger partial charge is 0.247 e. The first-order valence-corrected chi connectivity index (χ1v) is 5.83. The molecule has 2 aromatic heterocycles. The standard InChI is InChI=1S/C9H10BrN7O/c10-7-2-13-8(3-12-7)14-9(18)5-17-4-6(1-11)15-16-17/h2-4H,1,5,11H2,(H,13,14,18). The van der Waals surface area contributed by atoms with Crippen LogP contribution in [-0.4, -0.2) is 30.9 Å². The van der Waals surface area contributed by atoms with Gasteiger partial charge in [0.05, 0.1) is 24.3 Å². The van der Waals surface area contributed by atoms with Gasteiger partial charge in [-0.1, -0.05) is 5.21 Å². The molecule has 0 bridgehead atoms. The van der Waals surface area contributed by atoms with Crippen molar-refractivity contribution in [3.05, 3.63) is 28.9 Å². The molecule has 0 atom stereocenters. The number of hydrogen-bond acceptors (Lipinski definition) is 6. The van der Waals surface area contributed by atoms with Crippen LogP contribution in [0.25, 0.3) is 0 Å². The van der Waals surface area contributed by atoms with E-state index in [4.69, 9.17) is 5.73 Å². The highest BCUT2D eigenvalue weighted by Gasteiger charge is 2.06. The lowest BCUT2D eigenvalue weighted by atomic mass is 10.5. The predicted molar refractivity (Wildman–Crippen MR) is 66.3 cm³/mol.